The lowest BCUT2D eigenvalue weighted by Crippen LogP contribution is -2.00. The fourth-order valence-electron chi connectivity index (χ4n) is 1.76. The van der Waals surface area contributed by atoms with Gasteiger partial charge in [-0.2, -0.15) is 0 Å². The molecule has 0 amide bonds. The first-order valence-electron chi connectivity index (χ1n) is 5.05. The Bertz CT molecular complexity index is 488. The van der Waals surface area contributed by atoms with Crippen LogP contribution in [-0.4, -0.2) is 19.6 Å². The van der Waals surface area contributed by atoms with Crippen molar-refractivity contribution in [3.8, 4) is 0 Å². The second-order valence-electron chi connectivity index (χ2n) is 4.01. The molecule has 1 N–H and O–H groups in total. The summed E-state index contributed by atoms with van der Waals surface area (Å²) in [7, 11) is 1.98. The molecule has 80 valence electrons. The number of hydrogen-bond donors (Lipinski definition) is 1. The van der Waals surface area contributed by atoms with E-state index in [2.05, 4.69) is 23.8 Å². The van der Waals surface area contributed by atoms with E-state index < -0.39 is 0 Å². The van der Waals surface area contributed by atoms with Crippen molar-refractivity contribution >= 4 is 11.2 Å². The molecule has 0 atom stereocenters. The van der Waals surface area contributed by atoms with Crippen molar-refractivity contribution in [2.24, 2.45) is 7.05 Å². The summed E-state index contributed by atoms with van der Waals surface area (Å²) in [6.07, 6.45) is 1.62. The van der Waals surface area contributed by atoms with Gasteiger partial charge in [0.2, 0.25) is 0 Å². The molecular weight excluding hydrogens is 190 g/mol. The van der Waals surface area contributed by atoms with Crippen molar-refractivity contribution in [3.63, 3.8) is 0 Å². The monoisotopic (exact) mass is 205 g/mol. The zero-order valence-corrected chi connectivity index (χ0v) is 9.23. The maximum absolute atomic E-state index is 8.99. The van der Waals surface area contributed by atoms with Crippen molar-refractivity contribution in [3.05, 3.63) is 23.7 Å². The molecule has 4 heteroatoms. The first kappa shape index (κ1) is 10.1. The van der Waals surface area contributed by atoms with E-state index in [-0.39, 0.29) is 6.61 Å². The van der Waals surface area contributed by atoms with E-state index in [1.165, 1.54) is 5.69 Å². The van der Waals surface area contributed by atoms with Crippen LogP contribution in [0.2, 0.25) is 0 Å². The Morgan fingerprint density at radius 2 is 2.20 bits per heavy atom. The number of aliphatic hydroxyl groups excluding tert-OH is 1. The summed E-state index contributed by atoms with van der Waals surface area (Å²) in [5.41, 5.74) is 3.54. The molecule has 0 saturated carbocycles. The lowest BCUT2D eigenvalue weighted by atomic mass is 10.1. The molecule has 0 spiro atoms. The molecule has 0 bridgehead atoms. The highest BCUT2D eigenvalue weighted by Gasteiger charge is 2.11. The molecule has 15 heavy (non-hydrogen) atoms. The van der Waals surface area contributed by atoms with Gasteiger partial charge in [-0.1, -0.05) is 13.8 Å². The summed E-state index contributed by atoms with van der Waals surface area (Å²) in [6, 6.07) is 2.05. The lowest BCUT2D eigenvalue weighted by molar-refractivity contribution is 0.276. The van der Waals surface area contributed by atoms with Crippen LogP contribution in [0, 0.1) is 0 Å². The predicted molar refractivity (Wildman–Crippen MR) is 58.5 cm³/mol. The van der Waals surface area contributed by atoms with E-state index in [0.717, 1.165) is 11.2 Å². The van der Waals surface area contributed by atoms with E-state index in [4.69, 9.17) is 5.11 Å². The van der Waals surface area contributed by atoms with E-state index in [0.29, 0.717) is 11.6 Å². The third-order valence-corrected chi connectivity index (χ3v) is 2.57. The highest BCUT2D eigenvalue weighted by molar-refractivity contribution is 5.72. The summed E-state index contributed by atoms with van der Waals surface area (Å²) in [5, 5.41) is 8.99. The average molecular weight is 205 g/mol. The molecule has 2 aromatic heterocycles. The molecule has 2 aromatic rings. The van der Waals surface area contributed by atoms with Crippen LogP contribution in [0.5, 0.6) is 0 Å². The molecular formula is C11H15N3O. The maximum atomic E-state index is 8.99. The molecule has 0 radical (unpaired) electrons. The minimum Gasteiger partial charge on any atom is -0.390 e. The summed E-state index contributed by atoms with van der Waals surface area (Å²) in [6.45, 7) is 4.22. The van der Waals surface area contributed by atoms with Crippen molar-refractivity contribution in [1.29, 1.82) is 0 Å². The number of fused-ring (bicyclic) bond motifs is 1. The van der Waals surface area contributed by atoms with Crippen LogP contribution in [0.25, 0.3) is 11.2 Å². The molecule has 0 aromatic carbocycles. The van der Waals surface area contributed by atoms with Crippen LogP contribution in [0.3, 0.4) is 0 Å². The molecule has 0 aliphatic heterocycles. The molecule has 2 rings (SSSR count). The Kier molecular flexibility index (Phi) is 2.44. The fourth-order valence-corrected chi connectivity index (χ4v) is 1.76. The molecule has 0 aliphatic carbocycles. The predicted octanol–water partition coefficient (Wildman–Crippen LogP) is 1.58. The Labute approximate surface area is 88.6 Å². The lowest BCUT2D eigenvalue weighted by Gasteiger charge is -2.06. The SMILES string of the molecule is CC(C)c1cc2ncc(CO)nc2n1C. The number of aryl methyl sites for hydroxylation is 1. The minimum absolute atomic E-state index is 0.0644. The Morgan fingerprint density at radius 3 is 2.80 bits per heavy atom. The summed E-state index contributed by atoms with van der Waals surface area (Å²) < 4.78 is 2.03. The zero-order chi connectivity index (χ0) is 11.0. The smallest absolute Gasteiger partial charge is 0.158 e. The topological polar surface area (TPSA) is 50.9 Å². The van der Waals surface area contributed by atoms with E-state index in [9.17, 15) is 0 Å². The number of hydrogen-bond acceptors (Lipinski definition) is 3. The first-order chi connectivity index (χ1) is 7.13. The van der Waals surface area contributed by atoms with Crippen LogP contribution >= 0.6 is 0 Å². The maximum Gasteiger partial charge on any atom is 0.158 e. The van der Waals surface area contributed by atoms with E-state index in [1.54, 1.807) is 6.20 Å². The van der Waals surface area contributed by atoms with Crippen LogP contribution in [0.1, 0.15) is 31.2 Å². The van der Waals surface area contributed by atoms with Crippen LogP contribution < -0.4 is 0 Å². The van der Waals surface area contributed by atoms with Gasteiger partial charge >= 0.3 is 0 Å². The van der Waals surface area contributed by atoms with Gasteiger partial charge < -0.3 is 9.67 Å². The third-order valence-electron chi connectivity index (χ3n) is 2.57. The van der Waals surface area contributed by atoms with Gasteiger partial charge in [-0.15, -0.1) is 0 Å². The van der Waals surface area contributed by atoms with Gasteiger partial charge in [-0.25, -0.2) is 4.98 Å². The first-order valence-corrected chi connectivity index (χ1v) is 5.05. The molecule has 0 aliphatic rings. The molecule has 0 saturated heterocycles. The Morgan fingerprint density at radius 1 is 1.47 bits per heavy atom. The number of aliphatic hydroxyl groups is 1. The van der Waals surface area contributed by atoms with E-state index >= 15 is 0 Å². The zero-order valence-electron chi connectivity index (χ0n) is 9.23. The standard InChI is InChI=1S/C11H15N3O/c1-7(2)10-4-9-11(14(10)3)13-8(6-15)5-12-9/h4-5,7,15H,6H2,1-3H3. The van der Waals surface area contributed by atoms with Crippen LogP contribution in [-0.2, 0) is 13.7 Å². The molecule has 2 heterocycles. The molecule has 0 fully saturated rings. The van der Waals surface area contributed by atoms with Crippen molar-refractivity contribution in [2.45, 2.75) is 26.4 Å². The Balaban J connectivity index is 2.66. The average Bonchev–Trinajstić information content (AvgIpc) is 2.56. The number of rotatable bonds is 2. The van der Waals surface area contributed by atoms with Gasteiger partial charge in [-0.05, 0) is 12.0 Å². The van der Waals surface area contributed by atoms with Gasteiger partial charge in [0.25, 0.3) is 0 Å². The minimum atomic E-state index is -0.0644. The van der Waals surface area contributed by atoms with Gasteiger partial charge in [-0.3, -0.25) is 4.98 Å². The van der Waals surface area contributed by atoms with Gasteiger partial charge in [0.05, 0.1) is 18.5 Å². The van der Waals surface area contributed by atoms with E-state index in [1.807, 2.05) is 17.7 Å². The Hall–Kier alpha value is -1.42. The largest absolute Gasteiger partial charge is 0.390 e. The second kappa shape index (κ2) is 3.62. The highest BCUT2D eigenvalue weighted by atomic mass is 16.3. The van der Waals surface area contributed by atoms with Gasteiger partial charge in [0.1, 0.15) is 5.52 Å². The second-order valence-corrected chi connectivity index (χ2v) is 4.01. The summed E-state index contributed by atoms with van der Waals surface area (Å²) in [5.74, 6) is 0.448. The number of aromatic nitrogens is 3. The number of nitrogens with zero attached hydrogens (tertiary/aromatic N) is 3. The normalized spacial score (nSPS) is 11.5. The fraction of sp³-hybridized carbons (Fsp3) is 0.455. The van der Waals surface area contributed by atoms with Gasteiger partial charge in [0, 0.05) is 12.7 Å². The van der Waals surface area contributed by atoms with Crippen molar-refractivity contribution in [2.75, 3.05) is 0 Å². The summed E-state index contributed by atoms with van der Waals surface area (Å²) >= 11 is 0. The highest BCUT2D eigenvalue weighted by Crippen LogP contribution is 2.21. The van der Waals surface area contributed by atoms with Crippen molar-refractivity contribution in [1.82, 2.24) is 14.5 Å². The van der Waals surface area contributed by atoms with Crippen molar-refractivity contribution < 1.29 is 5.11 Å². The van der Waals surface area contributed by atoms with Gasteiger partial charge in [0.15, 0.2) is 5.65 Å². The summed E-state index contributed by atoms with van der Waals surface area (Å²) in [4.78, 5) is 8.62. The molecule has 4 nitrogen and oxygen atoms in total. The van der Waals surface area contributed by atoms with Crippen LogP contribution in [0.15, 0.2) is 12.3 Å². The molecule has 0 unspecified atom stereocenters. The van der Waals surface area contributed by atoms with Crippen LogP contribution in [0.4, 0.5) is 0 Å². The third kappa shape index (κ3) is 1.61. The quantitative estimate of drug-likeness (QED) is 0.809.